The summed E-state index contributed by atoms with van der Waals surface area (Å²) in [4.78, 5) is 10.4. The Morgan fingerprint density at radius 1 is 1.27 bits per heavy atom. The van der Waals surface area contributed by atoms with Gasteiger partial charge >= 0.3 is 0 Å². The Balaban J connectivity index is 1.85. The predicted molar refractivity (Wildman–Crippen MR) is 87.8 cm³/mol. The highest BCUT2D eigenvalue weighted by Crippen LogP contribution is 2.32. The van der Waals surface area contributed by atoms with Crippen LogP contribution in [0, 0.1) is 5.82 Å². The molecule has 1 aromatic carbocycles. The van der Waals surface area contributed by atoms with Crippen molar-refractivity contribution in [2.45, 2.75) is 6.42 Å². The van der Waals surface area contributed by atoms with Gasteiger partial charge in [0, 0.05) is 25.7 Å². The number of benzene rings is 1. The molecule has 0 fully saturated rings. The molecule has 4 nitrogen and oxygen atoms in total. The molecule has 0 bridgehead atoms. The lowest BCUT2D eigenvalue weighted by molar-refractivity contribution is 0.622. The molecule has 0 unspecified atom stereocenters. The highest BCUT2D eigenvalue weighted by Gasteiger charge is 2.19. The first kappa shape index (κ1) is 14.8. The van der Waals surface area contributed by atoms with Crippen LogP contribution in [0.2, 0.25) is 5.15 Å². The molecule has 0 aliphatic carbocycles. The lowest BCUT2D eigenvalue weighted by Gasteiger charge is -2.29. The van der Waals surface area contributed by atoms with Gasteiger partial charge in [-0.1, -0.05) is 35.9 Å². The average molecular weight is 319 g/mol. The van der Waals surface area contributed by atoms with Crippen LogP contribution in [0.5, 0.6) is 0 Å². The van der Waals surface area contributed by atoms with Gasteiger partial charge in [-0.25, -0.2) is 14.4 Å². The lowest BCUT2D eigenvalue weighted by Crippen LogP contribution is -2.30. The van der Waals surface area contributed by atoms with Gasteiger partial charge in [0.2, 0.25) is 0 Å². The maximum atomic E-state index is 13.9. The van der Waals surface area contributed by atoms with E-state index >= 15 is 0 Å². The summed E-state index contributed by atoms with van der Waals surface area (Å²) in [6.45, 7) is 1.41. The number of rotatable bonds is 3. The molecule has 0 saturated carbocycles. The van der Waals surface area contributed by atoms with Crippen LogP contribution in [0.25, 0.3) is 5.57 Å². The third-order valence-electron chi connectivity index (χ3n) is 3.76. The van der Waals surface area contributed by atoms with Crippen molar-refractivity contribution in [3.8, 4) is 0 Å². The molecule has 1 aliphatic rings. The van der Waals surface area contributed by atoms with Gasteiger partial charge in [0.25, 0.3) is 0 Å². The minimum Gasteiger partial charge on any atom is -0.383 e. The van der Waals surface area contributed by atoms with Crippen molar-refractivity contribution in [1.29, 1.82) is 0 Å². The number of aromatic nitrogens is 2. The minimum atomic E-state index is -0.178. The van der Waals surface area contributed by atoms with E-state index in [9.17, 15) is 4.39 Å². The molecule has 0 spiro atoms. The number of hydrogen-bond donors (Lipinski definition) is 1. The minimum absolute atomic E-state index is 0.178. The zero-order valence-electron chi connectivity index (χ0n) is 12.2. The molecule has 0 saturated heterocycles. The van der Waals surface area contributed by atoms with Gasteiger partial charge in [0.05, 0.1) is 0 Å². The van der Waals surface area contributed by atoms with Crippen molar-refractivity contribution in [1.82, 2.24) is 9.97 Å². The quantitative estimate of drug-likeness (QED) is 0.878. The largest absolute Gasteiger partial charge is 0.383 e. The summed E-state index contributed by atoms with van der Waals surface area (Å²) >= 11 is 6.09. The van der Waals surface area contributed by atoms with E-state index < -0.39 is 0 Å². The van der Waals surface area contributed by atoms with E-state index in [0.29, 0.717) is 22.9 Å². The van der Waals surface area contributed by atoms with Crippen molar-refractivity contribution in [3.05, 3.63) is 53.2 Å². The van der Waals surface area contributed by atoms with Crippen molar-refractivity contribution >= 4 is 28.7 Å². The molecule has 0 radical (unpaired) electrons. The standard InChI is InChI=1S/C16H16ClFN4/c1-19-14-15(17)20-10-21-16(14)22-8-6-11(7-9-22)12-4-2-3-5-13(12)18/h2-6,10,19H,7-9H2,1H3. The van der Waals surface area contributed by atoms with Gasteiger partial charge in [0.1, 0.15) is 17.8 Å². The van der Waals surface area contributed by atoms with Crippen LogP contribution in [-0.4, -0.2) is 30.1 Å². The maximum absolute atomic E-state index is 13.9. The zero-order valence-corrected chi connectivity index (χ0v) is 12.9. The SMILES string of the molecule is CNc1c(Cl)ncnc1N1CC=C(c2ccccc2F)CC1. The summed E-state index contributed by atoms with van der Waals surface area (Å²) in [6.07, 6.45) is 4.25. The van der Waals surface area contributed by atoms with E-state index in [1.54, 1.807) is 13.1 Å². The highest BCUT2D eigenvalue weighted by molar-refractivity contribution is 6.32. The molecule has 114 valence electrons. The van der Waals surface area contributed by atoms with Gasteiger partial charge in [-0.15, -0.1) is 0 Å². The number of nitrogens with one attached hydrogen (secondary N) is 1. The van der Waals surface area contributed by atoms with Crippen LogP contribution in [-0.2, 0) is 0 Å². The summed E-state index contributed by atoms with van der Waals surface area (Å²) in [5, 5.41) is 3.43. The first-order chi connectivity index (χ1) is 10.7. The molecule has 22 heavy (non-hydrogen) atoms. The second-order valence-electron chi connectivity index (χ2n) is 5.02. The van der Waals surface area contributed by atoms with Crippen LogP contribution in [0.1, 0.15) is 12.0 Å². The van der Waals surface area contributed by atoms with Gasteiger partial charge in [-0.3, -0.25) is 0 Å². The number of anilines is 2. The summed E-state index contributed by atoms with van der Waals surface area (Å²) < 4.78 is 13.9. The molecule has 1 aromatic heterocycles. The molecule has 0 amide bonds. The van der Waals surface area contributed by atoms with E-state index in [1.807, 2.05) is 18.2 Å². The van der Waals surface area contributed by atoms with Crippen LogP contribution >= 0.6 is 11.6 Å². The summed E-state index contributed by atoms with van der Waals surface area (Å²) in [5.74, 6) is 0.592. The fourth-order valence-electron chi connectivity index (χ4n) is 2.64. The van der Waals surface area contributed by atoms with Gasteiger partial charge in [-0.2, -0.15) is 0 Å². The van der Waals surface area contributed by atoms with Gasteiger partial charge in [-0.05, 0) is 18.1 Å². The van der Waals surface area contributed by atoms with E-state index in [-0.39, 0.29) is 5.82 Å². The zero-order chi connectivity index (χ0) is 15.5. The molecular formula is C16H16ClFN4. The predicted octanol–water partition coefficient (Wildman–Crippen LogP) is 3.60. The van der Waals surface area contributed by atoms with E-state index in [1.165, 1.54) is 12.4 Å². The highest BCUT2D eigenvalue weighted by atomic mass is 35.5. The topological polar surface area (TPSA) is 41.1 Å². The third-order valence-corrected chi connectivity index (χ3v) is 4.05. The van der Waals surface area contributed by atoms with Gasteiger partial charge < -0.3 is 10.2 Å². The monoisotopic (exact) mass is 318 g/mol. The molecule has 1 aliphatic heterocycles. The van der Waals surface area contributed by atoms with E-state index in [2.05, 4.69) is 20.2 Å². The Labute approximate surface area is 133 Å². The van der Waals surface area contributed by atoms with Crippen molar-refractivity contribution in [3.63, 3.8) is 0 Å². The summed E-state index contributed by atoms with van der Waals surface area (Å²) in [5.41, 5.74) is 2.42. The molecule has 2 heterocycles. The van der Waals surface area contributed by atoms with Crippen LogP contribution in [0.15, 0.2) is 36.7 Å². The normalized spacial score (nSPS) is 14.7. The molecule has 1 N–H and O–H groups in total. The first-order valence-electron chi connectivity index (χ1n) is 7.08. The summed E-state index contributed by atoms with van der Waals surface area (Å²) in [7, 11) is 1.79. The Morgan fingerprint density at radius 3 is 2.77 bits per heavy atom. The Hall–Kier alpha value is -2.14. The van der Waals surface area contributed by atoms with E-state index in [0.717, 1.165) is 24.4 Å². The smallest absolute Gasteiger partial charge is 0.157 e. The first-order valence-corrected chi connectivity index (χ1v) is 7.45. The number of halogens is 2. The lowest BCUT2D eigenvalue weighted by atomic mass is 9.99. The Morgan fingerprint density at radius 2 is 2.09 bits per heavy atom. The summed E-state index contributed by atoms with van der Waals surface area (Å²) in [6, 6.07) is 6.87. The second-order valence-corrected chi connectivity index (χ2v) is 5.38. The van der Waals surface area contributed by atoms with Crippen molar-refractivity contribution in [2.75, 3.05) is 30.4 Å². The molecule has 3 rings (SSSR count). The van der Waals surface area contributed by atoms with Crippen LogP contribution in [0.3, 0.4) is 0 Å². The molecule has 6 heteroatoms. The number of hydrogen-bond acceptors (Lipinski definition) is 4. The average Bonchev–Trinajstić information content (AvgIpc) is 2.55. The Bertz CT molecular complexity index is 717. The molecule has 2 aromatic rings. The number of nitrogens with zero attached hydrogens (tertiary/aromatic N) is 3. The Kier molecular flexibility index (Phi) is 4.24. The molecular weight excluding hydrogens is 303 g/mol. The second kappa shape index (κ2) is 6.32. The van der Waals surface area contributed by atoms with E-state index in [4.69, 9.17) is 11.6 Å². The van der Waals surface area contributed by atoms with Gasteiger partial charge in [0.15, 0.2) is 11.0 Å². The fourth-order valence-corrected chi connectivity index (χ4v) is 2.86. The van der Waals surface area contributed by atoms with Crippen LogP contribution < -0.4 is 10.2 Å². The van der Waals surface area contributed by atoms with Crippen molar-refractivity contribution < 1.29 is 4.39 Å². The fraction of sp³-hybridized carbons (Fsp3) is 0.250. The third kappa shape index (κ3) is 2.76. The molecule has 0 atom stereocenters. The van der Waals surface area contributed by atoms with Crippen molar-refractivity contribution in [2.24, 2.45) is 0 Å². The maximum Gasteiger partial charge on any atom is 0.157 e. The van der Waals surface area contributed by atoms with Crippen LogP contribution in [0.4, 0.5) is 15.9 Å².